The molecule has 0 aliphatic carbocycles. The highest BCUT2D eigenvalue weighted by atomic mass is 35.5. The molecule has 0 saturated carbocycles. The SMILES string of the molecule is O=C(O)Oc1cc(-c2cncc(F)c2)n(-c2ccc(F)c(Cl)c2)n1. The summed E-state index contributed by atoms with van der Waals surface area (Å²) in [5.41, 5.74) is 0.949. The minimum atomic E-state index is -1.55. The summed E-state index contributed by atoms with van der Waals surface area (Å²) in [5, 5.41) is 12.6. The number of carbonyl (C=O) groups is 1. The Hall–Kier alpha value is -3.00. The minimum Gasteiger partial charge on any atom is -0.449 e. The molecule has 24 heavy (non-hydrogen) atoms. The first-order valence-electron chi connectivity index (χ1n) is 6.51. The third-order valence-corrected chi connectivity index (χ3v) is 3.32. The lowest BCUT2D eigenvalue weighted by atomic mass is 10.2. The van der Waals surface area contributed by atoms with Gasteiger partial charge in [-0.05, 0) is 24.3 Å². The topological polar surface area (TPSA) is 77.2 Å². The van der Waals surface area contributed by atoms with Gasteiger partial charge in [0.2, 0.25) is 5.88 Å². The molecular formula is C15H8ClF2N3O3. The van der Waals surface area contributed by atoms with Crippen molar-refractivity contribution in [3.63, 3.8) is 0 Å². The molecule has 0 fully saturated rings. The molecule has 1 N–H and O–H groups in total. The van der Waals surface area contributed by atoms with Gasteiger partial charge in [-0.25, -0.2) is 18.3 Å². The first-order chi connectivity index (χ1) is 11.4. The van der Waals surface area contributed by atoms with E-state index < -0.39 is 17.8 Å². The van der Waals surface area contributed by atoms with Crippen molar-refractivity contribution in [3.8, 4) is 22.8 Å². The van der Waals surface area contributed by atoms with E-state index in [1.54, 1.807) is 0 Å². The molecule has 0 aliphatic rings. The second kappa shape index (κ2) is 6.25. The van der Waals surface area contributed by atoms with Gasteiger partial charge in [-0.2, -0.15) is 0 Å². The van der Waals surface area contributed by atoms with Crippen LogP contribution in [0.5, 0.6) is 5.88 Å². The number of ether oxygens (including phenoxy) is 1. The van der Waals surface area contributed by atoms with Gasteiger partial charge >= 0.3 is 6.16 Å². The number of pyridine rings is 1. The van der Waals surface area contributed by atoms with Crippen LogP contribution in [0, 0.1) is 11.6 Å². The van der Waals surface area contributed by atoms with Gasteiger partial charge in [-0.1, -0.05) is 11.6 Å². The molecule has 0 amide bonds. The maximum atomic E-state index is 13.4. The van der Waals surface area contributed by atoms with E-state index in [1.807, 2.05) is 0 Å². The highest BCUT2D eigenvalue weighted by molar-refractivity contribution is 6.30. The van der Waals surface area contributed by atoms with Crippen LogP contribution in [0.4, 0.5) is 13.6 Å². The summed E-state index contributed by atoms with van der Waals surface area (Å²) in [6.07, 6.45) is 0.834. The number of benzene rings is 1. The molecule has 0 unspecified atom stereocenters. The van der Waals surface area contributed by atoms with Crippen LogP contribution in [-0.4, -0.2) is 26.0 Å². The van der Waals surface area contributed by atoms with E-state index in [-0.39, 0.29) is 10.9 Å². The maximum Gasteiger partial charge on any atom is 0.512 e. The van der Waals surface area contributed by atoms with Gasteiger partial charge in [0.05, 0.1) is 22.6 Å². The lowest BCUT2D eigenvalue weighted by Gasteiger charge is -2.08. The predicted octanol–water partition coefficient (Wildman–Crippen LogP) is 3.92. The molecule has 9 heteroatoms. The van der Waals surface area contributed by atoms with Crippen molar-refractivity contribution >= 4 is 17.8 Å². The van der Waals surface area contributed by atoms with Gasteiger partial charge in [-0.3, -0.25) is 4.98 Å². The van der Waals surface area contributed by atoms with Gasteiger partial charge in [-0.15, -0.1) is 5.10 Å². The van der Waals surface area contributed by atoms with E-state index in [9.17, 15) is 13.6 Å². The van der Waals surface area contributed by atoms with Crippen molar-refractivity contribution in [1.29, 1.82) is 0 Å². The third kappa shape index (κ3) is 3.18. The molecular weight excluding hydrogens is 344 g/mol. The Bertz CT molecular complexity index is 930. The first-order valence-corrected chi connectivity index (χ1v) is 6.89. The lowest BCUT2D eigenvalue weighted by Crippen LogP contribution is -2.04. The zero-order valence-electron chi connectivity index (χ0n) is 11.8. The van der Waals surface area contributed by atoms with Gasteiger partial charge < -0.3 is 9.84 Å². The number of hydrogen-bond acceptors (Lipinski definition) is 4. The fourth-order valence-corrected chi connectivity index (χ4v) is 2.24. The van der Waals surface area contributed by atoms with Crippen molar-refractivity contribution in [3.05, 3.63) is 59.4 Å². The van der Waals surface area contributed by atoms with Gasteiger partial charge in [0.15, 0.2) is 0 Å². The van der Waals surface area contributed by atoms with Crippen LogP contribution in [0.25, 0.3) is 16.9 Å². The molecule has 0 aliphatic heterocycles. The summed E-state index contributed by atoms with van der Waals surface area (Å²) in [7, 11) is 0. The largest absolute Gasteiger partial charge is 0.512 e. The quantitative estimate of drug-likeness (QED) is 0.724. The highest BCUT2D eigenvalue weighted by Gasteiger charge is 2.16. The average molecular weight is 352 g/mol. The molecule has 2 aromatic heterocycles. The Morgan fingerprint density at radius 1 is 1.21 bits per heavy atom. The molecule has 0 bridgehead atoms. The number of carboxylic acid groups (broad SMARTS) is 1. The Morgan fingerprint density at radius 2 is 2.00 bits per heavy atom. The van der Waals surface area contributed by atoms with E-state index in [2.05, 4.69) is 14.8 Å². The molecule has 0 atom stereocenters. The molecule has 2 heterocycles. The van der Waals surface area contributed by atoms with Gasteiger partial charge in [0.1, 0.15) is 11.6 Å². The second-order valence-electron chi connectivity index (χ2n) is 4.64. The van der Waals surface area contributed by atoms with Crippen molar-refractivity contribution < 1.29 is 23.4 Å². The molecule has 122 valence electrons. The lowest BCUT2D eigenvalue weighted by molar-refractivity contribution is 0.142. The van der Waals surface area contributed by atoms with Crippen molar-refractivity contribution in [2.24, 2.45) is 0 Å². The number of halogens is 3. The normalized spacial score (nSPS) is 10.6. The van der Waals surface area contributed by atoms with Crippen LogP contribution in [0.1, 0.15) is 0 Å². The zero-order chi connectivity index (χ0) is 17.3. The molecule has 0 radical (unpaired) electrons. The Kier molecular flexibility index (Phi) is 4.13. The van der Waals surface area contributed by atoms with Crippen LogP contribution in [0.2, 0.25) is 5.02 Å². The third-order valence-electron chi connectivity index (χ3n) is 3.03. The number of rotatable bonds is 3. The molecule has 3 aromatic rings. The van der Waals surface area contributed by atoms with Crippen LogP contribution in [0.15, 0.2) is 42.7 Å². The summed E-state index contributed by atoms with van der Waals surface area (Å²) in [4.78, 5) is 14.4. The Labute approximate surface area is 138 Å². The minimum absolute atomic E-state index is 0.146. The predicted molar refractivity (Wildman–Crippen MR) is 80.4 cm³/mol. The monoisotopic (exact) mass is 351 g/mol. The number of hydrogen-bond donors (Lipinski definition) is 1. The maximum absolute atomic E-state index is 13.4. The Balaban J connectivity index is 2.17. The summed E-state index contributed by atoms with van der Waals surface area (Å²) >= 11 is 5.76. The molecule has 0 spiro atoms. The standard InChI is InChI=1S/C15H8ClF2N3O3/c16-11-4-10(1-2-12(11)18)21-13(5-14(20-21)24-15(22)23)8-3-9(17)7-19-6-8/h1-7H,(H,22,23). The van der Waals surface area contributed by atoms with E-state index in [0.29, 0.717) is 16.9 Å². The summed E-state index contributed by atoms with van der Waals surface area (Å²) in [6, 6.07) is 6.29. The molecule has 3 rings (SSSR count). The van der Waals surface area contributed by atoms with E-state index in [4.69, 9.17) is 16.7 Å². The molecule has 6 nitrogen and oxygen atoms in total. The van der Waals surface area contributed by atoms with Crippen LogP contribution >= 0.6 is 11.6 Å². The van der Waals surface area contributed by atoms with Crippen LogP contribution < -0.4 is 4.74 Å². The Morgan fingerprint density at radius 3 is 2.67 bits per heavy atom. The summed E-state index contributed by atoms with van der Waals surface area (Å²) in [6.45, 7) is 0. The fourth-order valence-electron chi connectivity index (χ4n) is 2.07. The van der Waals surface area contributed by atoms with Crippen molar-refractivity contribution in [2.75, 3.05) is 0 Å². The van der Waals surface area contributed by atoms with E-state index >= 15 is 0 Å². The van der Waals surface area contributed by atoms with Gasteiger partial charge in [0.25, 0.3) is 0 Å². The first kappa shape index (κ1) is 15.9. The van der Waals surface area contributed by atoms with Gasteiger partial charge in [0, 0.05) is 17.8 Å². The van der Waals surface area contributed by atoms with Crippen molar-refractivity contribution in [1.82, 2.24) is 14.8 Å². The van der Waals surface area contributed by atoms with Crippen molar-refractivity contribution in [2.45, 2.75) is 0 Å². The van der Waals surface area contributed by atoms with Crippen LogP contribution in [0.3, 0.4) is 0 Å². The van der Waals surface area contributed by atoms with E-state index in [0.717, 1.165) is 12.3 Å². The average Bonchev–Trinajstić information content (AvgIpc) is 2.93. The second-order valence-corrected chi connectivity index (χ2v) is 5.05. The summed E-state index contributed by atoms with van der Waals surface area (Å²) in [5.74, 6) is -1.44. The van der Waals surface area contributed by atoms with E-state index in [1.165, 1.54) is 35.1 Å². The molecule has 0 saturated heterocycles. The number of aromatic nitrogens is 3. The number of nitrogens with zero attached hydrogens (tertiary/aromatic N) is 3. The summed E-state index contributed by atoms with van der Waals surface area (Å²) < 4.78 is 32.6. The highest BCUT2D eigenvalue weighted by Crippen LogP contribution is 2.28. The smallest absolute Gasteiger partial charge is 0.449 e. The fraction of sp³-hybridized carbons (Fsp3) is 0. The molecule has 1 aromatic carbocycles. The van der Waals surface area contributed by atoms with Crippen LogP contribution in [-0.2, 0) is 0 Å². The zero-order valence-corrected chi connectivity index (χ0v) is 12.5.